The number of benzene rings is 2. The lowest BCUT2D eigenvalue weighted by Gasteiger charge is -2.19. The number of nitrogens with zero attached hydrogens (tertiary/aromatic N) is 1. The van der Waals surface area contributed by atoms with Gasteiger partial charge in [-0.25, -0.2) is 13.2 Å². The van der Waals surface area contributed by atoms with Crippen molar-refractivity contribution in [2.24, 2.45) is 0 Å². The number of carbonyl (C=O) groups is 2. The van der Waals surface area contributed by atoms with Gasteiger partial charge in [0, 0.05) is 19.6 Å². The zero-order chi connectivity index (χ0) is 24.2. The molecule has 0 radical (unpaired) electrons. The van der Waals surface area contributed by atoms with E-state index in [1.165, 1.54) is 12.1 Å². The Morgan fingerprint density at radius 2 is 1.67 bits per heavy atom. The molecular formula is C23H31N3O6S. The molecule has 10 heteroatoms. The average molecular weight is 478 g/mol. The molecule has 2 N–H and O–H groups in total. The van der Waals surface area contributed by atoms with Crippen molar-refractivity contribution in [2.75, 3.05) is 36.3 Å². The molecule has 0 unspecified atom stereocenters. The standard InChI is InChI=1S/C23H31N3O6S/c1-4-7-13-24-19-14-17(23(28)31-16-21(27)26(5-2)6-3)15-20(25-33(29)30)22(19)32-18-11-9-8-10-12-18/h8-12,14-15,24,33H,4-7,13,16H2,1-3H3,(H,25,29,30). The second-order valence-electron chi connectivity index (χ2n) is 7.11. The number of thiol groups is 1. The number of para-hydroxylation sites is 1. The summed E-state index contributed by atoms with van der Waals surface area (Å²) in [4.78, 5) is 26.4. The first-order valence-corrected chi connectivity index (χ1v) is 12.1. The van der Waals surface area contributed by atoms with Crippen molar-refractivity contribution in [1.82, 2.24) is 4.90 Å². The van der Waals surface area contributed by atoms with E-state index >= 15 is 0 Å². The molecule has 33 heavy (non-hydrogen) atoms. The van der Waals surface area contributed by atoms with Crippen molar-refractivity contribution in [1.29, 1.82) is 0 Å². The van der Waals surface area contributed by atoms with Crippen LogP contribution in [0.15, 0.2) is 42.5 Å². The molecule has 2 aromatic carbocycles. The molecule has 0 fully saturated rings. The van der Waals surface area contributed by atoms with Crippen LogP contribution in [0.5, 0.6) is 11.5 Å². The Balaban J connectivity index is 2.39. The van der Waals surface area contributed by atoms with Gasteiger partial charge in [-0.3, -0.25) is 9.52 Å². The van der Waals surface area contributed by atoms with E-state index in [9.17, 15) is 18.0 Å². The van der Waals surface area contributed by atoms with Crippen molar-refractivity contribution in [3.63, 3.8) is 0 Å². The maximum Gasteiger partial charge on any atom is 0.338 e. The summed E-state index contributed by atoms with van der Waals surface area (Å²) in [5.74, 6) is -0.322. The first kappa shape index (κ1) is 26.0. The van der Waals surface area contributed by atoms with E-state index in [-0.39, 0.29) is 22.9 Å². The summed E-state index contributed by atoms with van der Waals surface area (Å²) in [5.41, 5.74) is 0.593. The SMILES string of the molecule is CCCCNc1cc(C(=O)OCC(=O)N(CC)CC)cc(N[SH](=O)=O)c1Oc1ccccc1. The third-order valence-electron chi connectivity index (χ3n) is 4.79. The predicted octanol–water partition coefficient (Wildman–Crippen LogP) is 3.65. The van der Waals surface area contributed by atoms with E-state index in [4.69, 9.17) is 9.47 Å². The molecule has 0 saturated heterocycles. The Hall–Kier alpha value is -3.27. The van der Waals surface area contributed by atoms with E-state index in [1.54, 1.807) is 29.2 Å². The van der Waals surface area contributed by atoms with Gasteiger partial charge in [0.25, 0.3) is 5.91 Å². The maximum atomic E-state index is 12.7. The van der Waals surface area contributed by atoms with Gasteiger partial charge in [0.2, 0.25) is 10.9 Å². The minimum Gasteiger partial charge on any atom is -0.453 e. The predicted molar refractivity (Wildman–Crippen MR) is 129 cm³/mol. The van der Waals surface area contributed by atoms with Gasteiger partial charge >= 0.3 is 5.97 Å². The van der Waals surface area contributed by atoms with Gasteiger partial charge in [-0.2, -0.15) is 0 Å². The fraction of sp³-hybridized carbons (Fsp3) is 0.391. The highest BCUT2D eigenvalue weighted by Crippen LogP contribution is 2.38. The van der Waals surface area contributed by atoms with Gasteiger partial charge in [0.1, 0.15) is 5.75 Å². The molecule has 0 aliphatic heterocycles. The van der Waals surface area contributed by atoms with Crippen LogP contribution in [0.3, 0.4) is 0 Å². The van der Waals surface area contributed by atoms with Crippen LogP contribution in [0.1, 0.15) is 44.0 Å². The minimum absolute atomic E-state index is 0.0819. The van der Waals surface area contributed by atoms with Crippen molar-refractivity contribution in [3.05, 3.63) is 48.0 Å². The Morgan fingerprint density at radius 1 is 1.00 bits per heavy atom. The molecule has 0 bridgehead atoms. The van der Waals surface area contributed by atoms with Crippen LogP contribution in [0, 0.1) is 0 Å². The van der Waals surface area contributed by atoms with Crippen molar-refractivity contribution in [3.8, 4) is 11.5 Å². The van der Waals surface area contributed by atoms with Crippen LogP contribution in [0.4, 0.5) is 11.4 Å². The molecule has 9 nitrogen and oxygen atoms in total. The number of nitrogens with one attached hydrogen (secondary N) is 2. The number of amides is 1. The zero-order valence-electron chi connectivity index (χ0n) is 19.1. The average Bonchev–Trinajstić information content (AvgIpc) is 2.80. The fourth-order valence-corrected chi connectivity index (χ4v) is 3.42. The van der Waals surface area contributed by atoms with Gasteiger partial charge in [-0.15, -0.1) is 0 Å². The van der Waals surface area contributed by atoms with Crippen LogP contribution in [0.25, 0.3) is 0 Å². The number of hydrogen-bond donors (Lipinski definition) is 3. The number of esters is 1. The first-order valence-electron chi connectivity index (χ1n) is 10.9. The second kappa shape index (κ2) is 13.3. The summed E-state index contributed by atoms with van der Waals surface area (Å²) in [6, 6.07) is 11.7. The molecule has 2 rings (SSSR count). The lowest BCUT2D eigenvalue weighted by molar-refractivity contribution is -0.134. The summed E-state index contributed by atoms with van der Waals surface area (Å²) < 4.78 is 36.4. The number of unbranched alkanes of at least 4 members (excludes halogenated alkanes) is 1. The normalized spacial score (nSPS) is 10.5. The van der Waals surface area contributed by atoms with Gasteiger partial charge in [0.05, 0.1) is 16.9 Å². The third-order valence-corrected chi connectivity index (χ3v) is 5.21. The summed E-state index contributed by atoms with van der Waals surface area (Å²) in [6.07, 6.45) is 1.80. The van der Waals surface area contributed by atoms with E-state index in [2.05, 4.69) is 10.0 Å². The summed E-state index contributed by atoms with van der Waals surface area (Å²) in [7, 11) is -3.03. The van der Waals surface area contributed by atoms with Crippen LogP contribution in [-0.4, -0.2) is 51.4 Å². The summed E-state index contributed by atoms with van der Waals surface area (Å²) in [5, 5.41) is 3.20. The molecule has 180 valence electrons. The number of rotatable bonds is 13. The Labute approximate surface area is 196 Å². The van der Waals surface area contributed by atoms with E-state index in [1.807, 2.05) is 26.8 Å². The lowest BCUT2D eigenvalue weighted by Crippen LogP contribution is -2.34. The van der Waals surface area contributed by atoms with Crippen LogP contribution in [-0.2, 0) is 20.4 Å². The van der Waals surface area contributed by atoms with Crippen molar-refractivity contribution in [2.45, 2.75) is 33.6 Å². The summed E-state index contributed by atoms with van der Waals surface area (Å²) >= 11 is 0. The summed E-state index contributed by atoms with van der Waals surface area (Å²) in [6.45, 7) is 6.92. The van der Waals surface area contributed by atoms with Crippen LogP contribution < -0.4 is 14.8 Å². The number of likely N-dealkylation sites (N-methyl/N-ethyl adjacent to an activating group) is 1. The molecule has 0 aliphatic carbocycles. The van der Waals surface area contributed by atoms with Gasteiger partial charge in [0.15, 0.2) is 12.4 Å². The molecule has 0 atom stereocenters. The highest BCUT2D eigenvalue weighted by molar-refractivity contribution is 7.73. The second-order valence-corrected chi connectivity index (χ2v) is 7.84. The largest absolute Gasteiger partial charge is 0.453 e. The molecule has 0 aliphatic rings. The third kappa shape index (κ3) is 7.98. The molecule has 0 spiro atoms. The van der Waals surface area contributed by atoms with Gasteiger partial charge < -0.3 is 19.7 Å². The molecule has 1 amide bonds. The van der Waals surface area contributed by atoms with Gasteiger partial charge in [-0.1, -0.05) is 31.5 Å². The molecule has 0 aromatic heterocycles. The Kier molecular flexibility index (Phi) is 10.5. The Morgan fingerprint density at radius 3 is 2.27 bits per heavy atom. The highest BCUT2D eigenvalue weighted by atomic mass is 32.2. The topological polar surface area (TPSA) is 114 Å². The Bertz CT molecular complexity index is 999. The van der Waals surface area contributed by atoms with E-state index in [0.29, 0.717) is 31.1 Å². The monoisotopic (exact) mass is 477 g/mol. The number of carbonyl (C=O) groups excluding carboxylic acids is 2. The zero-order valence-corrected chi connectivity index (χ0v) is 20.0. The number of hydrogen-bond acceptors (Lipinski definition) is 7. The van der Waals surface area contributed by atoms with Crippen molar-refractivity contribution < 1.29 is 27.5 Å². The highest BCUT2D eigenvalue weighted by Gasteiger charge is 2.20. The van der Waals surface area contributed by atoms with Crippen LogP contribution >= 0.6 is 0 Å². The van der Waals surface area contributed by atoms with E-state index in [0.717, 1.165) is 12.8 Å². The number of ether oxygens (including phenoxy) is 2. The van der Waals surface area contributed by atoms with Crippen LogP contribution in [0.2, 0.25) is 0 Å². The maximum absolute atomic E-state index is 12.7. The fourth-order valence-electron chi connectivity index (χ4n) is 3.05. The lowest BCUT2D eigenvalue weighted by atomic mass is 10.1. The van der Waals surface area contributed by atoms with Gasteiger partial charge in [-0.05, 0) is 44.5 Å². The number of anilines is 2. The first-order chi connectivity index (χ1) is 15.9. The smallest absolute Gasteiger partial charge is 0.338 e. The molecule has 0 saturated carbocycles. The minimum atomic E-state index is -3.03. The van der Waals surface area contributed by atoms with Crippen molar-refractivity contribution >= 4 is 34.1 Å². The van der Waals surface area contributed by atoms with E-state index < -0.39 is 23.5 Å². The molecule has 0 heterocycles. The molecular weight excluding hydrogens is 446 g/mol. The quantitative estimate of drug-likeness (QED) is 0.229. The molecule has 2 aromatic rings.